The average molecular weight is 563 g/mol. The summed E-state index contributed by atoms with van der Waals surface area (Å²) >= 11 is 0. The summed E-state index contributed by atoms with van der Waals surface area (Å²) in [6, 6.07) is 19.1. The molecule has 210 valence electrons. The van der Waals surface area contributed by atoms with E-state index in [1.807, 2.05) is 44.2 Å². The number of ether oxygens (including phenoxy) is 1. The number of Topliss-reactive ketones (excluding diaryl/α,β-unsaturated/α-hetero) is 1. The smallest absolute Gasteiger partial charge is 0.339 e. The lowest BCUT2D eigenvalue weighted by Gasteiger charge is -2.22. The van der Waals surface area contributed by atoms with Crippen molar-refractivity contribution in [1.82, 2.24) is 4.98 Å². The molecule has 3 aromatic carbocycles. The first-order chi connectivity index (χ1) is 20.2. The predicted molar refractivity (Wildman–Crippen MR) is 155 cm³/mol. The fourth-order valence-electron chi connectivity index (χ4n) is 5.77. The molecule has 1 fully saturated rings. The third-order valence-electron chi connectivity index (χ3n) is 7.98. The van der Waals surface area contributed by atoms with Crippen molar-refractivity contribution >= 4 is 40.2 Å². The Bertz CT molecular complexity index is 1780. The van der Waals surface area contributed by atoms with Gasteiger partial charge in [0.1, 0.15) is 5.82 Å². The molecular formula is C34H27FN2O5. The van der Waals surface area contributed by atoms with E-state index in [4.69, 9.17) is 9.72 Å². The molecule has 0 spiro atoms. The van der Waals surface area contributed by atoms with Crippen LogP contribution in [0.5, 0.6) is 0 Å². The number of aryl methyl sites for hydroxylation is 1. The maximum atomic E-state index is 13.2. The molecule has 3 atom stereocenters. The van der Waals surface area contributed by atoms with Gasteiger partial charge in [-0.3, -0.25) is 19.3 Å². The number of halogens is 1. The summed E-state index contributed by atoms with van der Waals surface area (Å²) < 4.78 is 18.6. The summed E-state index contributed by atoms with van der Waals surface area (Å²) in [4.78, 5) is 58.1. The van der Waals surface area contributed by atoms with E-state index in [2.05, 4.69) is 0 Å². The Morgan fingerprint density at radius 3 is 2.43 bits per heavy atom. The molecule has 2 heterocycles. The van der Waals surface area contributed by atoms with Crippen molar-refractivity contribution in [3.05, 3.63) is 107 Å². The Morgan fingerprint density at radius 2 is 1.71 bits per heavy atom. The van der Waals surface area contributed by atoms with Crippen molar-refractivity contribution in [2.45, 2.75) is 20.3 Å². The number of carbonyl (C=O) groups is 4. The molecule has 0 radical (unpaired) electrons. The summed E-state index contributed by atoms with van der Waals surface area (Å²) in [5, 5.41) is 0.577. The number of hydrogen-bond donors (Lipinski definition) is 0. The number of anilines is 1. The van der Waals surface area contributed by atoms with Gasteiger partial charge in [-0.2, -0.15) is 0 Å². The number of fused-ring (bicyclic) bond motifs is 2. The highest BCUT2D eigenvalue weighted by molar-refractivity contribution is 6.22. The van der Waals surface area contributed by atoms with E-state index in [0.29, 0.717) is 34.3 Å². The molecule has 0 N–H and O–H groups in total. The fourth-order valence-corrected chi connectivity index (χ4v) is 5.77. The first-order valence-corrected chi connectivity index (χ1v) is 13.7. The van der Waals surface area contributed by atoms with E-state index < -0.39 is 24.2 Å². The normalized spacial score (nSPS) is 19.7. The van der Waals surface area contributed by atoms with Gasteiger partial charge in [-0.1, -0.05) is 42.8 Å². The number of aromatic nitrogens is 1. The molecule has 8 heteroatoms. The van der Waals surface area contributed by atoms with Crippen LogP contribution in [0.3, 0.4) is 0 Å². The highest BCUT2D eigenvalue weighted by Crippen LogP contribution is 2.40. The van der Waals surface area contributed by atoms with Gasteiger partial charge < -0.3 is 4.74 Å². The second-order valence-corrected chi connectivity index (χ2v) is 10.8. The highest BCUT2D eigenvalue weighted by Gasteiger charge is 2.50. The zero-order chi connectivity index (χ0) is 29.5. The molecule has 0 bridgehead atoms. The largest absolute Gasteiger partial charge is 0.454 e. The lowest BCUT2D eigenvalue weighted by atomic mass is 9.78. The maximum absolute atomic E-state index is 13.2. The Hall–Kier alpha value is -4.98. The summed E-state index contributed by atoms with van der Waals surface area (Å²) in [6.45, 7) is 3.35. The third-order valence-corrected chi connectivity index (χ3v) is 7.98. The Labute approximate surface area is 241 Å². The molecular weight excluding hydrogens is 535 g/mol. The molecule has 42 heavy (non-hydrogen) atoms. The second kappa shape index (κ2) is 10.8. The number of amides is 2. The number of carbonyl (C=O) groups excluding carboxylic acids is 4. The van der Waals surface area contributed by atoms with Crippen molar-refractivity contribution in [3.63, 3.8) is 0 Å². The molecule has 3 unspecified atom stereocenters. The first kappa shape index (κ1) is 27.2. The first-order valence-electron chi connectivity index (χ1n) is 13.7. The fraction of sp³-hybridized carbons (Fsp3) is 0.206. The van der Waals surface area contributed by atoms with Crippen molar-refractivity contribution < 1.29 is 28.3 Å². The van der Waals surface area contributed by atoms with Crippen LogP contribution in [0.25, 0.3) is 22.2 Å². The van der Waals surface area contributed by atoms with Gasteiger partial charge in [0.2, 0.25) is 11.8 Å². The molecule has 4 aromatic rings. The molecule has 7 nitrogen and oxygen atoms in total. The van der Waals surface area contributed by atoms with Gasteiger partial charge in [0, 0.05) is 16.5 Å². The van der Waals surface area contributed by atoms with Gasteiger partial charge in [0.15, 0.2) is 12.4 Å². The molecule has 6 rings (SSSR count). The molecule has 2 amide bonds. The number of imide groups is 1. The van der Waals surface area contributed by atoms with Gasteiger partial charge >= 0.3 is 5.97 Å². The zero-order valence-corrected chi connectivity index (χ0v) is 23.0. The van der Waals surface area contributed by atoms with Crippen LogP contribution in [0.15, 0.2) is 84.9 Å². The van der Waals surface area contributed by atoms with E-state index in [0.717, 1.165) is 5.56 Å². The predicted octanol–water partition coefficient (Wildman–Crippen LogP) is 6.09. The SMILES string of the molecule is Cc1ccc2nc(-c3ccc(N4C(=O)C5CC=CC(C)C5C4=O)cc3)cc(C(=O)OCC(=O)c3ccc(F)cc3)c2c1. The van der Waals surface area contributed by atoms with Crippen molar-refractivity contribution in [2.75, 3.05) is 11.5 Å². The van der Waals surface area contributed by atoms with Crippen molar-refractivity contribution in [1.29, 1.82) is 0 Å². The van der Waals surface area contributed by atoms with E-state index in [1.54, 1.807) is 30.3 Å². The number of hydrogen-bond acceptors (Lipinski definition) is 6. The number of esters is 1. The minimum Gasteiger partial charge on any atom is -0.454 e. The Morgan fingerprint density at radius 1 is 0.976 bits per heavy atom. The van der Waals surface area contributed by atoms with Gasteiger partial charge in [0.05, 0.1) is 34.3 Å². The number of ketones is 1. The van der Waals surface area contributed by atoms with Gasteiger partial charge in [0.25, 0.3) is 0 Å². The summed E-state index contributed by atoms with van der Waals surface area (Å²) in [5.41, 5.74) is 3.61. The second-order valence-electron chi connectivity index (χ2n) is 10.8. The van der Waals surface area contributed by atoms with Crippen LogP contribution in [0.4, 0.5) is 10.1 Å². The standard InChI is InChI=1S/C34H27FN2O5/c1-19-6-15-28-26(16-19)27(34(41)42-18-30(38)22-7-11-23(35)12-8-22)17-29(36-28)21-9-13-24(14-10-21)37-32(39)25-5-3-4-20(2)31(25)33(37)40/h3-4,6-17,20,25,31H,5,18H2,1-2H3. The summed E-state index contributed by atoms with van der Waals surface area (Å²) in [6.07, 6.45) is 4.52. The van der Waals surface area contributed by atoms with Crippen LogP contribution in [-0.4, -0.2) is 35.2 Å². The average Bonchev–Trinajstić information content (AvgIpc) is 3.25. The molecule has 1 aliphatic carbocycles. The molecule has 1 aromatic heterocycles. The number of pyridine rings is 1. The number of benzene rings is 3. The third kappa shape index (κ3) is 4.89. The van der Waals surface area contributed by atoms with Crippen LogP contribution in [0.2, 0.25) is 0 Å². The minimum atomic E-state index is -0.695. The van der Waals surface area contributed by atoms with E-state index >= 15 is 0 Å². The summed E-state index contributed by atoms with van der Waals surface area (Å²) in [5.74, 6) is -2.68. The maximum Gasteiger partial charge on any atom is 0.339 e. The molecule has 0 saturated carbocycles. The number of nitrogens with zero attached hydrogens (tertiary/aromatic N) is 2. The van der Waals surface area contributed by atoms with Crippen LogP contribution in [-0.2, 0) is 14.3 Å². The van der Waals surface area contributed by atoms with E-state index in [1.165, 1.54) is 29.2 Å². The lowest BCUT2D eigenvalue weighted by molar-refractivity contribution is -0.122. The van der Waals surface area contributed by atoms with Crippen molar-refractivity contribution in [3.8, 4) is 11.3 Å². The van der Waals surface area contributed by atoms with E-state index in [-0.39, 0.29) is 40.7 Å². The quantitative estimate of drug-likeness (QED) is 0.122. The van der Waals surface area contributed by atoms with Gasteiger partial charge in [-0.05, 0) is 73.9 Å². The van der Waals surface area contributed by atoms with Crippen molar-refractivity contribution in [2.24, 2.45) is 17.8 Å². The van der Waals surface area contributed by atoms with Crippen LogP contribution < -0.4 is 4.90 Å². The molecule has 2 aliphatic rings. The molecule has 1 saturated heterocycles. The minimum absolute atomic E-state index is 0.000861. The topological polar surface area (TPSA) is 93.6 Å². The monoisotopic (exact) mass is 562 g/mol. The van der Waals surface area contributed by atoms with Gasteiger partial charge in [-0.25, -0.2) is 14.2 Å². The highest BCUT2D eigenvalue weighted by atomic mass is 19.1. The Balaban J connectivity index is 1.28. The van der Waals surface area contributed by atoms with Crippen LogP contribution in [0, 0.1) is 30.5 Å². The van der Waals surface area contributed by atoms with Gasteiger partial charge in [-0.15, -0.1) is 0 Å². The number of rotatable bonds is 6. The van der Waals surface area contributed by atoms with Crippen LogP contribution >= 0.6 is 0 Å². The Kier molecular flexibility index (Phi) is 6.98. The number of allylic oxidation sites excluding steroid dienone is 2. The van der Waals surface area contributed by atoms with Crippen LogP contribution in [0.1, 0.15) is 39.6 Å². The zero-order valence-electron chi connectivity index (χ0n) is 23.0. The molecule has 1 aliphatic heterocycles. The lowest BCUT2D eigenvalue weighted by Crippen LogP contribution is -2.31. The van der Waals surface area contributed by atoms with E-state index in [9.17, 15) is 23.6 Å². The summed E-state index contributed by atoms with van der Waals surface area (Å²) in [7, 11) is 0.